The van der Waals surface area contributed by atoms with Crippen molar-refractivity contribution in [2.75, 3.05) is 13.1 Å². The van der Waals surface area contributed by atoms with E-state index in [0.717, 1.165) is 38.6 Å². The summed E-state index contributed by atoms with van der Waals surface area (Å²) in [5, 5.41) is 0. The van der Waals surface area contributed by atoms with Crippen LogP contribution in [0.15, 0.2) is 0 Å². The molecule has 1 saturated heterocycles. The van der Waals surface area contributed by atoms with Gasteiger partial charge in [-0.05, 0) is 32.2 Å². The molecule has 0 aromatic rings. The summed E-state index contributed by atoms with van der Waals surface area (Å²) in [6.07, 6.45) is 5.06. The van der Waals surface area contributed by atoms with Crippen LogP contribution >= 0.6 is 0 Å². The summed E-state index contributed by atoms with van der Waals surface area (Å²) in [7, 11) is 0. The number of carbonyl (C=O) groups is 2. The minimum absolute atomic E-state index is 0.118. The Morgan fingerprint density at radius 3 is 2.82 bits per heavy atom. The molecule has 1 saturated carbocycles. The summed E-state index contributed by atoms with van der Waals surface area (Å²) in [5.74, 6) is 0.284. The Morgan fingerprint density at radius 1 is 1.47 bits per heavy atom. The van der Waals surface area contributed by atoms with E-state index in [4.69, 9.17) is 5.73 Å². The van der Waals surface area contributed by atoms with Crippen LogP contribution < -0.4 is 5.73 Å². The maximum atomic E-state index is 11.8. The molecule has 2 aliphatic rings. The zero-order valence-electron chi connectivity index (χ0n) is 10.5. The van der Waals surface area contributed by atoms with E-state index in [2.05, 4.69) is 4.90 Å². The first-order valence-electron chi connectivity index (χ1n) is 6.65. The summed E-state index contributed by atoms with van der Waals surface area (Å²) in [6, 6.07) is 0.367. The van der Waals surface area contributed by atoms with Gasteiger partial charge in [-0.3, -0.25) is 14.5 Å². The van der Waals surface area contributed by atoms with E-state index < -0.39 is 0 Å². The second kappa shape index (κ2) is 5.17. The molecule has 0 aromatic carbocycles. The molecular formula is C13H22N2O2. The van der Waals surface area contributed by atoms with Gasteiger partial charge in [-0.2, -0.15) is 0 Å². The number of nitrogens with two attached hydrogens (primary N) is 1. The lowest BCUT2D eigenvalue weighted by molar-refractivity contribution is -0.122. The number of primary amides is 1. The van der Waals surface area contributed by atoms with Gasteiger partial charge in [0.15, 0.2) is 0 Å². The standard InChI is InChI=1S/C13H22N2O2/c1-9(13(14)17)8-15-7-3-5-11(15)10-4-2-6-12(10)16/h9-11H,2-8H2,1H3,(H2,14,17). The van der Waals surface area contributed by atoms with Gasteiger partial charge in [0.1, 0.15) is 5.78 Å². The zero-order valence-corrected chi connectivity index (χ0v) is 10.5. The van der Waals surface area contributed by atoms with Crippen LogP contribution in [0.3, 0.4) is 0 Å². The Balaban J connectivity index is 1.97. The third kappa shape index (κ3) is 2.68. The number of hydrogen-bond donors (Lipinski definition) is 1. The lowest BCUT2D eigenvalue weighted by atomic mass is 9.94. The smallest absolute Gasteiger partial charge is 0.221 e. The molecule has 4 heteroatoms. The molecule has 3 unspecified atom stereocenters. The van der Waals surface area contributed by atoms with Crippen LogP contribution in [0.4, 0.5) is 0 Å². The third-order valence-corrected chi connectivity index (χ3v) is 4.22. The van der Waals surface area contributed by atoms with Crippen LogP contribution in [0.5, 0.6) is 0 Å². The molecule has 2 fully saturated rings. The van der Waals surface area contributed by atoms with Crippen molar-refractivity contribution >= 4 is 11.7 Å². The summed E-state index contributed by atoms with van der Waals surface area (Å²) in [4.78, 5) is 25.2. The van der Waals surface area contributed by atoms with Crippen LogP contribution in [0.25, 0.3) is 0 Å². The Morgan fingerprint density at radius 2 is 2.24 bits per heavy atom. The minimum atomic E-state index is -0.242. The van der Waals surface area contributed by atoms with Crippen molar-refractivity contribution in [1.82, 2.24) is 4.90 Å². The SMILES string of the molecule is CC(CN1CCCC1C1CCCC1=O)C(N)=O. The molecule has 2 rings (SSSR count). The molecule has 0 radical (unpaired) electrons. The van der Waals surface area contributed by atoms with Gasteiger partial charge in [0.05, 0.1) is 0 Å². The number of ketones is 1. The van der Waals surface area contributed by atoms with Crippen molar-refractivity contribution in [2.24, 2.45) is 17.6 Å². The second-order valence-corrected chi connectivity index (χ2v) is 5.47. The average molecular weight is 238 g/mol. The first-order chi connectivity index (χ1) is 8.09. The third-order valence-electron chi connectivity index (χ3n) is 4.22. The number of likely N-dealkylation sites (tertiary alicyclic amines) is 1. The largest absolute Gasteiger partial charge is 0.369 e. The van der Waals surface area contributed by atoms with Crippen LogP contribution in [-0.2, 0) is 9.59 Å². The van der Waals surface area contributed by atoms with Crippen LogP contribution in [0, 0.1) is 11.8 Å². The molecule has 1 heterocycles. The van der Waals surface area contributed by atoms with E-state index in [1.165, 1.54) is 0 Å². The van der Waals surface area contributed by atoms with Crippen molar-refractivity contribution in [1.29, 1.82) is 0 Å². The normalized spacial score (nSPS) is 31.9. The summed E-state index contributed by atoms with van der Waals surface area (Å²) in [6.45, 7) is 3.59. The predicted octanol–water partition coefficient (Wildman–Crippen LogP) is 0.941. The summed E-state index contributed by atoms with van der Waals surface area (Å²) < 4.78 is 0. The highest BCUT2D eigenvalue weighted by Gasteiger charge is 2.38. The van der Waals surface area contributed by atoms with Crippen molar-refractivity contribution in [3.63, 3.8) is 0 Å². The van der Waals surface area contributed by atoms with Gasteiger partial charge in [-0.25, -0.2) is 0 Å². The highest BCUT2D eigenvalue weighted by molar-refractivity contribution is 5.83. The molecule has 0 aromatic heterocycles. The monoisotopic (exact) mass is 238 g/mol. The molecule has 1 aliphatic heterocycles. The lowest BCUT2D eigenvalue weighted by Crippen LogP contribution is -2.42. The molecule has 2 N–H and O–H groups in total. The average Bonchev–Trinajstić information content (AvgIpc) is 2.86. The number of nitrogens with zero attached hydrogens (tertiary/aromatic N) is 1. The van der Waals surface area contributed by atoms with E-state index in [9.17, 15) is 9.59 Å². The number of rotatable bonds is 4. The van der Waals surface area contributed by atoms with Gasteiger partial charge in [-0.15, -0.1) is 0 Å². The topological polar surface area (TPSA) is 63.4 Å². The highest BCUT2D eigenvalue weighted by atomic mass is 16.1. The Bertz CT molecular complexity index is 317. The number of hydrogen-bond acceptors (Lipinski definition) is 3. The van der Waals surface area contributed by atoms with Gasteiger partial charge < -0.3 is 5.73 Å². The zero-order chi connectivity index (χ0) is 12.4. The maximum absolute atomic E-state index is 11.8. The van der Waals surface area contributed by atoms with Crippen molar-refractivity contribution in [3.05, 3.63) is 0 Å². The second-order valence-electron chi connectivity index (χ2n) is 5.47. The maximum Gasteiger partial charge on any atom is 0.221 e. The first kappa shape index (κ1) is 12.6. The Labute approximate surface area is 103 Å². The minimum Gasteiger partial charge on any atom is -0.369 e. The predicted molar refractivity (Wildman–Crippen MR) is 65.3 cm³/mol. The van der Waals surface area contributed by atoms with E-state index in [1.54, 1.807) is 0 Å². The van der Waals surface area contributed by atoms with E-state index in [0.29, 0.717) is 18.4 Å². The van der Waals surface area contributed by atoms with Gasteiger partial charge in [0, 0.05) is 30.8 Å². The number of carbonyl (C=O) groups excluding carboxylic acids is 2. The number of amides is 1. The Hall–Kier alpha value is -0.900. The van der Waals surface area contributed by atoms with Gasteiger partial charge >= 0.3 is 0 Å². The molecule has 3 atom stereocenters. The van der Waals surface area contributed by atoms with E-state index in [-0.39, 0.29) is 17.7 Å². The molecule has 1 amide bonds. The van der Waals surface area contributed by atoms with Gasteiger partial charge in [0.25, 0.3) is 0 Å². The molecule has 17 heavy (non-hydrogen) atoms. The first-order valence-corrected chi connectivity index (χ1v) is 6.65. The fourth-order valence-corrected chi connectivity index (χ4v) is 3.23. The summed E-state index contributed by atoms with van der Waals surface area (Å²) >= 11 is 0. The van der Waals surface area contributed by atoms with E-state index >= 15 is 0 Å². The van der Waals surface area contributed by atoms with Crippen LogP contribution in [0.2, 0.25) is 0 Å². The molecule has 0 spiro atoms. The molecule has 1 aliphatic carbocycles. The van der Waals surface area contributed by atoms with Gasteiger partial charge in [0.2, 0.25) is 5.91 Å². The van der Waals surface area contributed by atoms with Crippen molar-refractivity contribution in [2.45, 2.75) is 45.1 Å². The molecule has 96 valence electrons. The highest BCUT2D eigenvalue weighted by Crippen LogP contribution is 2.33. The van der Waals surface area contributed by atoms with Crippen LogP contribution in [-0.4, -0.2) is 35.7 Å². The van der Waals surface area contributed by atoms with Gasteiger partial charge in [-0.1, -0.05) is 6.92 Å². The number of Topliss-reactive ketones (excluding diaryl/α,β-unsaturated/α-hetero) is 1. The molecular weight excluding hydrogens is 216 g/mol. The van der Waals surface area contributed by atoms with Crippen LogP contribution in [0.1, 0.15) is 39.0 Å². The molecule has 0 bridgehead atoms. The van der Waals surface area contributed by atoms with E-state index in [1.807, 2.05) is 6.92 Å². The fraction of sp³-hybridized carbons (Fsp3) is 0.846. The summed E-state index contributed by atoms with van der Waals surface area (Å²) in [5.41, 5.74) is 5.31. The van der Waals surface area contributed by atoms with Crippen molar-refractivity contribution in [3.8, 4) is 0 Å². The fourth-order valence-electron chi connectivity index (χ4n) is 3.23. The van der Waals surface area contributed by atoms with Crippen molar-refractivity contribution < 1.29 is 9.59 Å². The quantitative estimate of drug-likeness (QED) is 0.793. The Kier molecular flexibility index (Phi) is 3.82. The molecule has 4 nitrogen and oxygen atoms in total. The lowest BCUT2D eigenvalue weighted by Gasteiger charge is -2.29.